The molecule has 176 valence electrons. The standard InChI is InChI=1S/C27H20FN7O/c1-2-23(36)31-19-11-17(13-29-14-19)16-5-8-22-21(12-16)25(35-34-22)27-32-24-20(9-10-30-26(24)33-27)15-3-6-18(28)7-4-15/h3-14H,2H2,1H3,(H,31,36)(H,34,35)(H,30,32,33). The van der Waals surface area contributed by atoms with E-state index < -0.39 is 0 Å². The third-order valence-electron chi connectivity index (χ3n) is 6.01. The first-order chi connectivity index (χ1) is 17.6. The molecule has 2 aromatic carbocycles. The molecule has 0 saturated heterocycles. The molecule has 0 radical (unpaired) electrons. The molecule has 6 aromatic rings. The number of anilines is 1. The molecule has 0 saturated carbocycles. The molecule has 0 atom stereocenters. The summed E-state index contributed by atoms with van der Waals surface area (Å²) in [6.07, 6.45) is 5.45. The van der Waals surface area contributed by atoms with Crippen molar-refractivity contribution in [3.05, 3.63) is 79.0 Å². The summed E-state index contributed by atoms with van der Waals surface area (Å²) in [5.74, 6) is 0.208. The lowest BCUT2D eigenvalue weighted by molar-refractivity contribution is -0.115. The first kappa shape index (κ1) is 21.6. The number of nitrogens with one attached hydrogen (secondary N) is 3. The number of halogens is 1. The topological polar surface area (TPSA) is 112 Å². The van der Waals surface area contributed by atoms with Crippen LogP contribution in [0, 0.1) is 5.82 Å². The molecule has 9 heteroatoms. The molecular weight excluding hydrogens is 457 g/mol. The Bertz CT molecular complexity index is 1740. The molecule has 3 N–H and O–H groups in total. The molecule has 0 spiro atoms. The molecule has 0 aliphatic carbocycles. The number of carbonyl (C=O) groups excluding carboxylic acids is 1. The van der Waals surface area contributed by atoms with E-state index in [1.807, 2.05) is 30.3 Å². The van der Waals surface area contributed by atoms with E-state index in [0.717, 1.165) is 38.7 Å². The van der Waals surface area contributed by atoms with Crippen LogP contribution in [-0.4, -0.2) is 36.0 Å². The van der Waals surface area contributed by atoms with Gasteiger partial charge in [0.05, 0.1) is 22.9 Å². The Morgan fingerprint density at radius 1 is 1.00 bits per heavy atom. The zero-order chi connectivity index (χ0) is 24.6. The Balaban J connectivity index is 1.42. The number of imidazole rings is 1. The van der Waals surface area contributed by atoms with Gasteiger partial charge >= 0.3 is 0 Å². The highest BCUT2D eigenvalue weighted by Gasteiger charge is 2.16. The summed E-state index contributed by atoms with van der Waals surface area (Å²) >= 11 is 0. The molecule has 0 fully saturated rings. The van der Waals surface area contributed by atoms with Crippen molar-refractivity contribution >= 4 is 33.7 Å². The highest BCUT2D eigenvalue weighted by atomic mass is 19.1. The molecule has 0 unspecified atom stereocenters. The zero-order valence-electron chi connectivity index (χ0n) is 19.2. The number of benzene rings is 2. The maximum atomic E-state index is 13.4. The Hall–Kier alpha value is -4.92. The molecule has 4 heterocycles. The van der Waals surface area contributed by atoms with Crippen molar-refractivity contribution in [3.8, 4) is 33.8 Å². The molecule has 4 aromatic heterocycles. The third-order valence-corrected chi connectivity index (χ3v) is 6.01. The average Bonchev–Trinajstić information content (AvgIpc) is 3.53. The number of nitrogens with zero attached hydrogens (tertiary/aromatic N) is 4. The van der Waals surface area contributed by atoms with E-state index in [1.54, 1.807) is 37.6 Å². The van der Waals surface area contributed by atoms with Crippen molar-refractivity contribution < 1.29 is 9.18 Å². The monoisotopic (exact) mass is 477 g/mol. The first-order valence-corrected chi connectivity index (χ1v) is 11.4. The number of fused-ring (bicyclic) bond motifs is 2. The van der Waals surface area contributed by atoms with Crippen LogP contribution in [0.3, 0.4) is 0 Å². The van der Waals surface area contributed by atoms with Crippen LogP contribution in [0.5, 0.6) is 0 Å². The number of aromatic nitrogens is 6. The van der Waals surface area contributed by atoms with Gasteiger partial charge in [0.25, 0.3) is 0 Å². The van der Waals surface area contributed by atoms with Crippen LogP contribution in [0.2, 0.25) is 0 Å². The van der Waals surface area contributed by atoms with E-state index in [9.17, 15) is 9.18 Å². The fourth-order valence-electron chi connectivity index (χ4n) is 4.18. The van der Waals surface area contributed by atoms with E-state index in [-0.39, 0.29) is 11.7 Å². The van der Waals surface area contributed by atoms with Gasteiger partial charge in [-0.1, -0.05) is 25.1 Å². The smallest absolute Gasteiger partial charge is 0.224 e. The summed E-state index contributed by atoms with van der Waals surface area (Å²) in [5, 5.41) is 11.3. The van der Waals surface area contributed by atoms with Crippen LogP contribution in [0.25, 0.3) is 55.8 Å². The van der Waals surface area contributed by atoms with Gasteiger partial charge in [0, 0.05) is 35.3 Å². The van der Waals surface area contributed by atoms with E-state index in [2.05, 4.69) is 35.5 Å². The van der Waals surface area contributed by atoms with Gasteiger partial charge in [0.15, 0.2) is 11.5 Å². The Morgan fingerprint density at radius 3 is 2.67 bits per heavy atom. The number of carbonyl (C=O) groups is 1. The van der Waals surface area contributed by atoms with Gasteiger partial charge in [-0.3, -0.25) is 14.9 Å². The summed E-state index contributed by atoms with van der Waals surface area (Å²) in [4.78, 5) is 28.5. The quantitative estimate of drug-likeness (QED) is 0.294. The van der Waals surface area contributed by atoms with Gasteiger partial charge < -0.3 is 10.3 Å². The Kier molecular flexibility index (Phi) is 5.22. The second kappa shape index (κ2) is 8.70. The van der Waals surface area contributed by atoms with Gasteiger partial charge in [-0.05, 0) is 47.5 Å². The number of aromatic amines is 2. The van der Waals surface area contributed by atoms with Gasteiger partial charge in [0.2, 0.25) is 5.91 Å². The van der Waals surface area contributed by atoms with Crippen LogP contribution in [0.15, 0.2) is 73.2 Å². The Morgan fingerprint density at radius 2 is 1.83 bits per heavy atom. The largest absolute Gasteiger partial charge is 0.335 e. The lowest BCUT2D eigenvalue weighted by Gasteiger charge is -2.06. The van der Waals surface area contributed by atoms with E-state index in [4.69, 9.17) is 0 Å². The average molecular weight is 478 g/mol. The van der Waals surface area contributed by atoms with E-state index in [1.165, 1.54) is 12.1 Å². The predicted molar refractivity (Wildman–Crippen MR) is 137 cm³/mol. The minimum Gasteiger partial charge on any atom is -0.335 e. The molecular formula is C27H20FN7O. The number of rotatable bonds is 5. The maximum absolute atomic E-state index is 13.4. The van der Waals surface area contributed by atoms with E-state index >= 15 is 0 Å². The SMILES string of the molecule is CCC(=O)Nc1cncc(-c2ccc3[nH]nc(-c4nc5nccc(-c6ccc(F)cc6)c5[nH]4)c3c2)c1. The minimum atomic E-state index is -0.290. The zero-order valence-corrected chi connectivity index (χ0v) is 19.2. The number of H-pyrrole nitrogens is 2. The fraction of sp³-hybridized carbons (Fsp3) is 0.0741. The molecule has 6 rings (SSSR count). The molecule has 8 nitrogen and oxygen atoms in total. The molecule has 0 bridgehead atoms. The maximum Gasteiger partial charge on any atom is 0.224 e. The molecule has 0 aliphatic heterocycles. The lowest BCUT2D eigenvalue weighted by atomic mass is 10.0. The molecule has 36 heavy (non-hydrogen) atoms. The van der Waals surface area contributed by atoms with Crippen molar-refractivity contribution in [1.82, 2.24) is 30.1 Å². The van der Waals surface area contributed by atoms with Gasteiger partial charge in [-0.15, -0.1) is 0 Å². The van der Waals surface area contributed by atoms with Crippen molar-refractivity contribution in [2.45, 2.75) is 13.3 Å². The van der Waals surface area contributed by atoms with Gasteiger partial charge in [-0.25, -0.2) is 14.4 Å². The van der Waals surface area contributed by atoms with Gasteiger partial charge in [-0.2, -0.15) is 5.10 Å². The number of pyridine rings is 2. The van der Waals surface area contributed by atoms with Crippen molar-refractivity contribution in [1.29, 1.82) is 0 Å². The second-order valence-corrected chi connectivity index (χ2v) is 8.35. The summed E-state index contributed by atoms with van der Waals surface area (Å²) in [5.41, 5.74) is 6.95. The van der Waals surface area contributed by atoms with Crippen LogP contribution >= 0.6 is 0 Å². The third kappa shape index (κ3) is 3.86. The van der Waals surface area contributed by atoms with Crippen molar-refractivity contribution in [2.75, 3.05) is 5.32 Å². The van der Waals surface area contributed by atoms with Crippen molar-refractivity contribution in [2.24, 2.45) is 0 Å². The second-order valence-electron chi connectivity index (χ2n) is 8.35. The molecule has 0 aliphatic rings. The summed E-state index contributed by atoms with van der Waals surface area (Å²) < 4.78 is 13.4. The number of hydrogen-bond acceptors (Lipinski definition) is 5. The normalized spacial score (nSPS) is 11.3. The van der Waals surface area contributed by atoms with E-state index in [0.29, 0.717) is 29.3 Å². The summed E-state index contributed by atoms with van der Waals surface area (Å²) in [6, 6.07) is 16.0. The highest BCUT2D eigenvalue weighted by Crippen LogP contribution is 2.33. The Labute approximate surface area is 204 Å². The lowest BCUT2D eigenvalue weighted by Crippen LogP contribution is -2.09. The summed E-state index contributed by atoms with van der Waals surface area (Å²) in [7, 11) is 0. The number of amides is 1. The van der Waals surface area contributed by atoms with Crippen LogP contribution in [0.4, 0.5) is 10.1 Å². The fourth-order valence-corrected chi connectivity index (χ4v) is 4.18. The van der Waals surface area contributed by atoms with Crippen LogP contribution < -0.4 is 5.32 Å². The number of hydrogen-bond donors (Lipinski definition) is 3. The van der Waals surface area contributed by atoms with Gasteiger partial charge in [0.1, 0.15) is 11.5 Å². The summed E-state index contributed by atoms with van der Waals surface area (Å²) in [6.45, 7) is 1.80. The van der Waals surface area contributed by atoms with Crippen LogP contribution in [-0.2, 0) is 4.79 Å². The minimum absolute atomic E-state index is 0.0694. The predicted octanol–water partition coefficient (Wildman–Crippen LogP) is 5.72. The molecule has 1 amide bonds. The highest BCUT2D eigenvalue weighted by molar-refractivity contribution is 5.98. The van der Waals surface area contributed by atoms with Crippen molar-refractivity contribution in [3.63, 3.8) is 0 Å². The first-order valence-electron chi connectivity index (χ1n) is 11.4. The van der Waals surface area contributed by atoms with Crippen LogP contribution in [0.1, 0.15) is 13.3 Å².